The van der Waals surface area contributed by atoms with Crippen molar-refractivity contribution in [1.29, 1.82) is 0 Å². The quantitative estimate of drug-likeness (QED) is 0.259. The molecule has 6 rings (SSSR count). The molecule has 0 spiro atoms. The molecule has 1 saturated heterocycles. The molecule has 8 nitrogen and oxygen atoms in total. The number of nitrogens with two attached hydrogens (primary N) is 1. The summed E-state index contributed by atoms with van der Waals surface area (Å²) in [5, 5.41) is 0.434. The lowest BCUT2D eigenvalue weighted by Gasteiger charge is -2.49. The molecule has 4 aromatic rings. The van der Waals surface area contributed by atoms with E-state index in [9.17, 15) is 9.59 Å². The maximum atomic E-state index is 16.1. The molecule has 1 amide bonds. The van der Waals surface area contributed by atoms with Gasteiger partial charge < -0.3 is 15.5 Å². The summed E-state index contributed by atoms with van der Waals surface area (Å²) in [6, 6.07) is 7.05. The van der Waals surface area contributed by atoms with Gasteiger partial charge in [0.05, 0.1) is 22.6 Å². The number of piperazine rings is 1. The SMILES string of the molecule is C=CC(=O)N1CC2CCc3c(c4cc(F)c(-c5c(N)cccc5F)nc4n(-c4c(C)ccnc4C(C)C)c3=O)N2CC1C. The fourth-order valence-corrected chi connectivity index (χ4v) is 6.62. The third-order valence-electron chi connectivity index (χ3n) is 8.69. The number of carbonyl (C=O) groups excluding carboxylic acids is 1. The standard InChI is InChI=1S/C33H34F2N6O2/c1-6-26(42)39-16-20-10-11-21-31(40(20)15-19(39)5)22-14-24(35)29(27-23(34)8-7-9-25(27)36)38-32(22)41(33(21)43)30-18(4)12-13-37-28(30)17(2)3/h6-9,12-14,17,19-20H,1,10-11,15-16,36H2,2-5H3. The second kappa shape index (κ2) is 10.6. The van der Waals surface area contributed by atoms with Crippen LogP contribution in [0.4, 0.5) is 20.2 Å². The highest BCUT2D eigenvalue weighted by molar-refractivity contribution is 5.96. The number of hydrogen-bond acceptors (Lipinski definition) is 6. The van der Waals surface area contributed by atoms with E-state index in [1.165, 1.54) is 34.9 Å². The van der Waals surface area contributed by atoms with Gasteiger partial charge in [-0.15, -0.1) is 0 Å². The highest BCUT2D eigenvalue weighted by Gasteiger charge is 2.39. The molecule has 2 aliphatic heterocycles. The third kappa shape index (κ3) is 4.47. The summed E-state index contributed by atoms with van der Waals surface area (Å²) in [7, 11) is 0. The predicted molar refractivity (Wildman–Crippen MR) is 165 cm³/mol. The van der Waals surface area contributed by atoms with Gasteiger partial charge in [0, 0.05) is 48.0 Å². The van der Waals surface area contributed by atoms with E-state index in [0.29, 0.717) is 53.9 Å². The number of nitrogen functional groups attached to an aromatic ring is 1. The van der Waals surface area contributed by atoms with Gasteiger partial charge in [-0.3, -0.25) is 19.1 Å². The summed E-state index contributed by atoms with van der Waals surface area (Å²) < 4.78 is 32.7. The van der Waals surface area contributed by atoms with Crippen molar-refractivity contribution in [1.82, 2.24) is 19.4 Å². The van der Waals surface area contributed by atoms with Crippen LogP contribution in [0.1, 0.15) is 49.9 Å². The molecule has 0 bridgehead atoms. The molecule has 2 aliphatic rings. The van der Waals surface area contributed by atoms with Gasteiger partial charge in [0.1, 0.15) is 17.2 Å². The average molecular weight is 585 g/mol. The molecule has 0 radical (unpaired) electrons. The van der Waals surface area contributed by atoms with Gasteiger partial charge in [-0.2, -0.15) is 0 Å². The van der Waals surface area contributed by atoms with Crippen LogP contribution < -0.4 is 16.2 Å². The van der Waals surface area contributed by atoms with Gasteiger partial charge in [-0.05, 0) is 68.5 Å². The van der Waals surface area contributed by atoms with Crippen LogP contribution in [0.2, 0.25) is 0 Å². The Morgan fingerprint density at radius 1 is 1.16 bits per heavy atom. The molecular formula is C33H34F2N6O2. The molecule has 1 aromatic carbocycles. The Bertz CT molecular complexity index is 1850. The number of aromatic nitrogens is 3. The second-order valence-corrected chi connectivity index (χ2v) is 11.8. The Morgan fingerprint density at radius 3 is 2.63 bits per heavy atom. The summed E-state index contributed by atoms with van der Waals surface area (Å²) in [4.78, 5) is 40.4. The van der Waals surface area contributed by atoms with Crippen molar-refractivity contribution in [3.05, 3.63) is 88.0 Å². The highest BCUT2D eigenvalue weighted by atomic mass is 19.1. The number of amides is 1. The Hall–Kier alpha value is -4.60. The van der Waals surface area contributed by atoms with Crippen LogP contribution in [0.25, 0.3) is 28.0 Å². The van der Waals surface area contributed by atoms with Crippen LogP contribution in [0.5, 0.6) is 0 Å². The van der Waals surface area contributed by atoms with Crippen molar-refractivity contribution in [2.24, 2.45) is 0 Å². The topological polar surface area (TPSA) is 97.4 Å². The summed E-state index contributed by atoms with van der Waals surface area (Å²) in [6.45, 7) is 12.4. The van der Waals surface area contributed by atoms with Gasteiger partial charge in [0.25, 0.3) is 5.56 Å². The van der Waals surface area contributed by atoms with Crippen LogP contribution >= 0.6 is 0 Å². The predicted octanol–water partition coefficient (Wildman–Crippen LogP) is 5.28. The number of pyridine rings is 3. The number of rotatable bonds is 4. The number of carbonyl (C=O) groups is 1. The fourth-order valence-electron chi connectivity index (χ4n) is 6.62. The Labute approximate surface area is 248 Å². The van der Waals surface area contributed by atoms with Gasteiger partial charge >= 0.3 is 0 Å². The normalized spacial score (nSPS) is 18.1. The molecule has 0 saturated carbocycles. The summed E-state index contributed by atoms with van der Waals surface area (Å²) in [5.41, 5.74) is 8.89. The minimum atomic E-state index is -0.751. The van der Waals surface area contributed by atoms with Crippen LogP contribution in [0, 0.1) is 18.6 Å². The second-order valence-electron chi connectivity index (χ2n) is 11.8. The molecule has 10 heteroatoms. The van der Waals surface area contributed by atoms with E-state index < -0.39 is 11.6 Å². The van der Waals surface area contributed by atoms with E-state index in [-0.39, 0.29) is 52.1 Å². The van der Waals surface area contributed by atoms with Crippen molar-refractivity contribution in [2.45, 2.75) is 58.5 Å². The summed E-state index contributed by atoms with van der Waals surface area (Å²) in [5.74, 6) is -1.64. The first kappa shape index (κ1) is 28.5. The maximum Gasteiger partial charge on any atom is 0.262 e. The molecule has 5 heterocycles. The van der Waals surface area contributed by atoms with E-state index in [1.807, 2.05) is 33.8 Å². The van der Waals surface area contributed by atoms with E-state index in [2.05, 4.69) is 16.5 Å². The molecule has 43 heavy (non-hydrogen) atoms. The van der Waals surface area contributed by atoms with Gasteiger partial charge in [0.15, 0.2) is 5.82 Å². The molecule has 2 unspecified atom stereocenters. The van der Waals surface area contributed by atoms with Crippen LogP contribution in [-0.2, 0) is 11.2 Å². The number of benzene rings is 1. The van der Waals surface area contributed by atoms with Crippen molar-refractivity contribution in [3.8, 4) is 16.9 Å². The molecule has 1 fully saturated rings. The summed E-state index contributed by atoms with van der Waals surface area (Å²) >= 11 is 0. The number of anilines is 2. The number of nitrogens with zero attached hydrogens (tertiary/aromatic N) is 5. The molecule has 0 aliphatic carbocycles. The third-order valence-corrected chi connectivity index (χ3v) is 8.69. The number of aryl methyl sites for hydroxylation is 1. The fraction of sp³-hybridized carbons (Fsp3) is 0.333. The Kier molecular flexibility index (Phi) is 7.02. The zero-order valence-electron chi connectivity index (χ0n) is 24.7. The molecule has 2 atom stereocenters. The van der Waals surface area contributed by atoms with E-state index >= 15 is 8.78 Å². The van der Waals surface area contributed by atoms with Crippen molar-refractivity contribution in [2.75, 3.05) is 23.7 Å². The van der Waals surface area contributed by atoms with Gasteiger partial charge in [-0.1, -0.05) is 26.5 Å². The van der Waals surface area contributed by atoms with E-state index in [0.717, 1.165) is 5.56 Å². The number of fused-ring (bicyclic) bond motifs is 5. The monoisotopic (exact) mass is 584 g/mol. The highest BCUT2D eigenvalue weighted by Crippen LogP contribution is 2.41. The maximum absolute atomic E-state index is 16.1. The number of hydrogen-bond donors (Lipinski definition) is 1. The summed E-state index contributed by atoms with van der Waals surface area (Å²) in [6.07, 6.45) is 4.10. The minimum Gasteiger partial charge on any atom is -0.398 e. The van der Waals surface area contributed by atoms with Crippen molar-refractivity contribution >= 4 is 28.3 Å². The Balaban J connectivity index is 1.70. The zero-order chi connectivity index (χ0) is 30.7. The van der Waals surface area contributed by atoms with Gasteiger partial charge in [0.2, 0.25) is 5.91 Å². The van der Waals surface area contributed by atoms with Crippen molar-refractivity contribution in [3.63, 3.8) is 0 Å². The van der Waals surface area contributed by atoms with E-state index in [4.69, 9.17) is 10.7 Å². The largest absolute Gasteiger partial charge is 0.398 e. The number of halogens is 2. The first-order chi connectivity index (χ1) is 20.5. The minimum absolute atomic E-state index is 0.0317. The average Bonchev–Trinajstić information content (AvgIpc) is 2.97. The van der Waals surface area contributed by atoms with Gasteiger partial charge in [-0.25, -0.2) is 13.8 Å². The molecular weight excluding hydrogens is 550 g/mol. The molecule has 2 N–H and O–H groups in total. The smallest absolute Gasteiger partial charge is 0.262 e. The first-order valence-electron chi connectivity index (χ1n) is 14.5. The lowest BCUT2D eigenvalue weighted by molar-refractivity contribution is -0.129. The molecule has 222 valence electrons. The van der Waals surface area contributed by atoms with Crippen LogP contribution in [0.15, 0.2) is 54.0 Å². The van der Waals surface area contributed by atoms with Crippen LogP contribution in [-0.4, -0.2) is 50.5 Å². The zero-order valence-corrected chi connectivity index (χ0v) is 24.7. The van der Waals surface area contributed by atoms with Crippen molar-refractivity contribution < 1.29 is 13.6 Å². The lowest BCUT2D eigenvalue weighted by Crippen LogP contribution is -2.60. The first-order valence-corrected chi connectivity index (χ1v) is 14.5. The lowest BCUT2D eigenvalue weighted by atomic mass is 9.91. The Morgan fingerprint density at radius 2 is 1.93 bits per heavy atom. The van der Waals surface area contributed by atoms with E-state index in [1.54, 1.807) is 11.1 Å². The van der Waals surface area contributed by atoms with Crippen LogP contribution in [0.3, 0.4) is 0 Å². The molecule has 3 aromatic heterocycles.